The summed E-state index contributed by atoms with van der Waals surface area (Å²) in [5.41, 5.74) is 1.04. The number of aryl methyl sites for hydroxylation is 2. The summed E-state index contributed by atoms with van der Waals surface area (Å²) in [5, 5.41) is 6.83. The lowest BCUT2D eigenvalue weighted by Crippen LogP contribution is -2.42. The molecule has 2 aromatic heterocycles. The fourth-order valence-corrected chi connectivity index (χ4v) is 6.61. The third kappa shape index (κ3) is 4.70. The summed E-state index contributed by atoms with van der Waals surface area (Å²) in [7, 11) is -3.65. The van der Waals surface area contributed by atoms with Gasteiger partial charge in [0.1, 0.15) is 0 Å². The predicted octanol–water partition coefficient (Wildman–Crippen LogP) is 3.13. The molecule has 0 atom stereocenters. The number of amides is 1. The maximum Gasteiger partial charge on any atom is 0.244 e. The quantitative estimate of drug-likeness (QED) is 0.606. The zero-order chi connectivity index (χ0) is 22.0. The first-order valence-electron chi connectivity index (χ1n) is 10.1. The van der Waals surface area contributed by atoms with Crippen molar-refractivity contribution in [1.29, 1.82) is 0 Å². The summed E-state index contributed by atoms with van der Waals surface area (Å²) in [5.74, 6) is 0.609. The molecule has 0 unspecified atom stereocenters. The van der Waals surface area contributed by atoms with E-state index < -0.39 is 10.0 Å². The fraction of sp³-hybridized carbons (Fsp3) is 0.381. The van der Waals surface area contributed by atoms with E-state index in [1.54, 1.807) is 19.9 Å². The Bertz CT molecular complexity index is 1160. The Labute approximate surface area is 185 Å². The molecule has 3 aromatic rings. The number of nitrogens with zero attached hydrogens (tertiary/aromatic N) is 3. The topological polar surface area (TPSA) is 105 Å². The average molecular weight is 461 g/mol. The van der Waals surface area contributed by atoms with Gasteiger partial charge in [-0.1, -0.05) is 35.5 Å². The molecule has 3 heterocycles. The third-order valence-electron chi connectivity index (χ3n) is 5.37. The van der Waals surface area contributed by atoms with E-state index in [1.807, 2.05) is 30.3 Å². The van der Waals surface area contributed by atoms with Gasteiger partial charge in [-0.05, 0) is 31.4 Å². The maximum absolute atomic E-state index is 13.2. The van der Waals surface area contributed by atoms with Crippen molar-refractivity contribution in [3.8, 4) is 10.7 Å². The third-order valence-corrected chi connectivity index (χ3v) is 8.57. The molecule has 10 heteroatoms. The molecule has 1 amide bonds. The molecule has 1 N–H and O–H groups in total. The highest BCUT2D eigenvalue weighted by Crippen LogP contribution is 2.34. The number of aromatic nitrogens is 2. The summed E-state index contributed by atoms with van der Waals surface area (Å²) in [6.45, 7) is 4.58. The average Bonchev–Trinajstić information content (AvgIpc) is 3.38. The summed E-state index contributed by atoms with van der Waals surface area (Å²) in [4.78, 5) is 18.3. The SMILES string of the molecule is Cc1nc(-c2cc(S(=O)(=O)N3CCC(C(=O)NCc4ccccc4)CC3)c(C)s2)no1. The lowest BCUT2D eigenvalue weighted by molar-refractivity contribution is -0.126. The molecule has 1 aliphatic heterocycles. The van der Waals surface area contributed by atoms with Crippen LogP contribution in [0.2, 0.25) is 0 Å². The summed E-state index contributed by atoms with van der Waals surface area (Å²) in [6, 6.07) is 11.3. The standard InChI is InChI=1S/C21H24N4O4S2/c1-14-19(12-18(30-14)20-23-15(2)29-24-20)31(27,28)25-10-8-17(9-11-25)21(26)22-13-16-6-4-3-5-7-16/h3-7,12,17H,8-11,13H2,1-2H3,(H,22,26). The van der Waals surface area contributed by atoms with Gasteiger partial charge in [-0.3, -0.25) is 4.79 Å². The molecule has 8 nitrogen and oxygen atoms in total. The number of thiophene rings is 1. The molecular weight excluding hydrogens is 436 g/mol. The molecular formula is C21H24N4O4S2. The lowest BCUT2D eigenvalue weighted by Gasteiger charge is -2.30. The first-order valence-corrected chi connectivity index (χ1v) is 12.3. The smallest absolute Gasteiger partial charge is 0.244 e. The number of rotatable bonds is 6. The van der Waals surface area contributed by atoms with Crippen molar-refractivity contribution in [2.24, 2.45) is 5.92 Å². The molecule has 1 aliphatic rings. The Hall–Kier alpha value is -2.56. The second-order valence-electron chi connectivity index (χ2n) is 7.55. The highest BCUT2D eigenvalue weighted by Gasteiger charge is 2.34. The number of benzene rings is 1. The molecule has 1 fully saturated rings. The van der Waals surface area contributed by atoms with Crippen LogP contribution in [0.15, 0.2) is 45.8 Å². The van der Waals surface area contributed by atoms with E-state index in [9.17, 15) is 13.2 Å². The van der Waals surface area contributed by atoms with Crippen LogP contribution in [0.4, 0.5) is 0 Å². The second-order valence-corrected chi connectivity index (χ2v) is 10.7. The van der Waals surface area contributed by atoms with E-state index in [2.05, 4.69) is 15.5 Å². The van der Waals surface area contributed by atoms with Gasteiger partial charge in [0, 0.05) is 37.4 Å². The van der Waals surface area contributed by atoms with E-state index in [0.29, 0.717) is 53.9 Å². The number of nitrogens with one attached hydrogen (secondary N) is 1. The van der Waals surface area contributed by atoms with Crippen molar-refractivity contribution < 1.29 is 17.7 Å². The Morgan fingerprint density at radius 1 is 1.23 bits per heavy atom. The van der Waals surface area contributed by atoms with Gasteiger partial charge in [0.05, 0.1) is 9.77 Å². The number of hydrogen-bond donors (Lipinski definition) is 1. The molecule has 0 aliphatic carbocycles. The van der Waals surface area contributed by atoms with Crippen LogP contribution in [-0.2, 0) is 21.4 Å². The van der Waals surface area contributed by atoms with Gasteiger partial charge in [-0.15, -0.1) is 11.3 Å². The second kappa shape index (κ2) is 8.89. The van der Waals surface area contributed by atoms with Gasteiger partial charge in [-0.2, -0.15) is 9.29 Å². The maximum atomic E-state index is 13.2. The molecule has 0 bridgehead atoms. The summed E-state index contributed by atoms with van der Waals surface area (Å²) in [6.07, 6.45) is 1.000. The van der Waals surface area contributed by atoms with E-state index in [0.717, 1.165) is 5.56 Å². The van der Waals surface area contributed by atoms with Gasteiger partial charge in [0.25, 0.3) is 0 Å². The van der Waals surface area contributed by atoms with Crippen LogP contribution in [0.3, 0.4) is 0 Å². The molecule has 4 rings (SSSR count). The summed E-state index contributed by atoms with van der Waals surface area (Å²) >= 11 is 1.33. The Morgan fingerprint density at radius 2 is 1.94 bits per heavy atom. The molecule has 31 heavy (non-hydrogen) atoms. The lowest BCUT2D eigenvalue weighted by atomic mass is 9.97. The monoisotopic (exact) mass is 460 g/mol. The molecule has 0 radical (unpaired) electrons. The first-order chi connectivity index (χ1) is 14.8. The molecule has 0 saturated carbocycles. The van der Waals surface area contributed by atoms with Gasteiger partial charge >= 0.3 is 0 Å². The van der Waals surface area contributed by atoms with Crippen molar-refractivity contribution >= 4 is 27.3 Å². The van der Waals surface area contributed by atoms with Crippen molar-refractivity contribution in [2.75, 3.05) is 13.1 Å². The molecule has 164 valence electrons. The van der Waals surface area contributed by atoms with Crippen molar-refractivity contribution in [2.45, 2.75) is 38.1 Å². The van der Waals surface area contributed by atoms with Gasteiger partial charge in [0.2, 0.25) is 27.6 Å². The van der Waals surface area contributed by atoms with Crippen LogP contribution < -0.4 is 5.32 Å². The number of carbonyl (C=O) groups is 1. The largest absolute Gasteiger partial charge is 0.352 e. The summed E-state index contributed by atoms with van der Waals surface area (Å²) < 4.78 is 32.9. The zero-order valence-corrected chi connectivity index (χ0v) is 19.0. The van der Waals surface area contributed by atoms with Crippen LogP contribution in [-0.4, -0.2) is 41.9 Å². The molecule has 1 aromatic carbocycles. The zero-order valence-electron chi connectivity index (χ0n) is 17.4. The number of hydrogen-bond acceptors (Lipinski definition) is 7. The van der Waals surface area contributed by atoms with Gasteiger partial charge in [0.15, 0.2) is 0 Å². The predicted molar refractivity (Wildman–Crippen MR) is 117 cm³/mol. The van der Waals surface area contributed by atoms with E-state index in [1.165, 1.54) is 15.6 Å². The van der Waals surface area contributed by atoms with Gasteiger partial charge in [-0.25, -0.2) is 8.42 Å². The van der Waals surface area contributed by atoms with Crippen molar-refractivity contribution in [3.05, 3.63) is 52.7 Å². The Morgan fingerprint density at radius 3 is 2.58 bits per heavy atom. The van der Waals surface area contributed by atoms with Crippen LogP contribution in [0.5, 0.6) is 0 Å². The Kier molecular flexibility index (Phi) is 6.22. The van der Waals surface area contributed by atoms with Crippen LogP contribution in [0, 0.1) is 19.8 Å². The van der Waals surface area contributed by atoms with Crippen LogP contribution in [0.1, 0.15) is 29.2 Å². The van der Waals surface area contributed by atoms with Gasteiger partial charge < -0.3 is 9.84 Å². The number of piperidine rings is 1. The first kappa shape index (κ1) is 21.7. The normalized spacial score (nSPS) is 15.8. The van der Waals surface area contributed by atoms with Crippen molar-refractivity contribution in [3.63, 3.8) is 0 Å². The Balaban J connectivity index is 1.39. The highest BCUT2D eigenvalue weighted by molar-refractivity contribution is 7.89. The fourth-order valence-electron chi connectivity index (χ4n) is 3.66. The van der Waals surface area contributed by atoms with Crippen molar-refractivity contribution in [1.82, 2.24) is 19.8 Å². The van der Waals surface area contributed by atoms with E-state index >= 15 is 0 Å². The number of carbonyl (C=O) groups excluding carboxylic acids is 1. The van der Waals surface area contributed by atoms with E-state index in [-0.39, 0.29) is 16.7 Å². The van der Waals surface area contributed by atoms with E-state index in [4.69, 9.17) is 4.52 Å². The van der Waals surface area contributed by atoms with Crippen LogP contribution >= 0.6 is 11.3 Å². The minimum absolute atomic E-state index is 0.0256. The van der Waals surface area contributed by atoms with Crippen LogP contribution in [0.25, 0.3) is 10.7 Å². The minimum Gasteiger partial charge on any atom is -0.352 e. The minimum atomic E-state index is -3.65. The highest BCUT2D eigenvalue weighted by atomic mass is 32.2. The number of sulfonamides is 1. The molecule has 0 spiro atoms. The molecule has 1 saturated heterocycles.